The van der Waals surface area contributed by atoms with Crippen molar-refractivity contribution < 1.29 is 9.53 Å². The Bertz CT molecular complexity index is 868. The van der Waals surface area contributed by atoms with Gasteiger partial charge in [0, 0.05) is 42.1 Å². The van der Waals surface area contributed by atoms with Crippen molar-refractivity contribution in [2.24, 2.45) is 11.7 Å². The van der Waals surface area contributed by atoms with E-state index in [1.165, 1.54) is 0 Å². The Labute approximate surface area is 169 Å². The highest BCUT2D eigenvalue weighted by atomic mass is 35.5. The van der Waals surface area contributed by atoms with Crippen LogP contribution in [0.3, 0.4) is 0 Å². The number of aromatic nitrogens is 3. The van der Waals surface area contributed by atoms with Crippen LogP contribution in [-0.2, 0) is 22.5 Å². The van der Waals surface area contributed by atoms with E-state index >= 15 is 0 Å². The largest absolute Gasteiger partial charge is 0.380 e. The summed E-state index contributed by atoms with van der Waals surface area (Å²) in [7, 11) is 1.73. The van der Waals surface area contributed by atoms with E-state index in [-0.39, 0.29) is 24.0 Å². The Morgan fingerprint density at radius 1 is 1.32 bits per heavy atom. The van der Waals surface area contributed by atoms with E-state index < -0.39 is 0 Å². The highest BCUT2D eigenvalue weighted by Gasteiger charge is 2.26. The van der Waals surface area contributed by atoms with Gasteiger partial charge in [0.2, 0.25) is 5.91 Å². The number of nitrogens with one attached hydrogen (secondary N) is 1. The molecule has 2 aliphatic rings. The van der Waals surface area contributed by atoms with Crippen LogP contribution in [0.2, 0.25) is 5.02 Å². The monoisotopic (exact) mass is 403 g/mol. The number of hydrogen-bond donors (Lipinski definition) is 2. The smallest absolute Gasteiger partial charge is 0.228 e. The van der Waals surface area contributed by atoms with Crippen LogP contribution in [0, 0.1) is 5.92 Å². The summed E-state index contributed by atoms with van der Waals surface area (Å²) in [6.45, 7) is 0.736. The van der Waals surface area contributed by atoms with Crippen molar-refractivity contribution in [3.05, 3.63) is 29.2 Å². The van der Waals surface area contributed by atoms with Gasteiger partial charge in [-0.2, -0.15) is 5.10 Å². The Hall–Kier alpha value is -1.96. The second kappa shape index (κ2) is 8.19. The number of fused-ring (bicyclic) bond motifs is 1. The number of halogens is 1. The Morgan fingerprint density at radius 3 is 2.96 bits per heavy atom. The van der Waals surface area contributed by atoms with Crippen LogP contribution in [0.15, 0.2) is 18.5 Å². The van der Waals surface area contributed by atoms with Crippen molar-refractivity contribution in [3.63, 3.8) is 0 Å². The van der Waals surface area contributed by atoms with Gasteiger partial charge in [-0.1, -0.05) is 18.0 Å². The first kappa shape index (κ1) is 19.4. The third kappa shape index (κ3) is 3.92. The molecular weight excluding hydrogens is 378 g/mol. The van der Waals surface area contributed by atoms with E-state index in [0.29, 0.717) is 10.8 Å². The van der Waals surface area contributed by atoms with Crippen LogP contribution in [0.5, 0.6) is 0 Å². The van der Waals surface area contributed by atoms with Crippen LogP contribution in [0.4, 0.5) is 5.82 Å². The summed E-state index contributed by atoms with van der Waals surface area (Å²) < 4.78 is 7.44. The van der Waals surface area contributed by atoms with Gasteiger partial charge in [0.05, 0.1) is 23.9 Å². The summed E-state index contributed by atoms with van der Waals surface area (Å²) in [4.78, 5) is 16.9. The number of carbonyl (C=O) groups is 1. The summed E-state index contributed by atoms with van der Waals surface area (Å²) in [5.41, 5.74) is 8.97. The standard InChI is InChI=1S/C20H26ClN5O2/c1-28-14-5-6-18-16(9-24-26(18)11-14)15-8-19(23-10-17(15)21)25-20(27)12-3-2-4-13(22)7-12/h8-10,12-14H,2-7,11,22H2,1H3,(H,23,25,27)/t12-,13+,14?/m1/s1. The molecule has 1 aliphatic heterocycles. The van der Waals surface area contributed by atoms with E-state index in [2.05, 4.69) is 15.4 Å². The minimum Gasteiger partial charge on any atom is -0.380 e. The molecular formula is C20H26ClN5O2. The van der Waals surface area contributed by atoms with E-state index in [9.17, 15) is 4.79 Å². The molecule has 3 N–H and O–H groups in total. The number of rotatable bonds is 4. The summed E-state index contributed by atoms with van der Waals surface area (Å²) in [5.74, 6) is 0.435. The maximum Gasteiger partial charge on any atom is 0.228 e. The van der Waals surface area contributed by atoms with E-state index in [1.807, 2.05) is 16.9 Å². The SMILES string of the molecule is COC1CCc2c(-c3cc(NC(=O)[C@@H]4CCC[C@H](N)C4)ncc3Cl)cnn2C1. The fourth-order valence-corrected chi connectivity index (χ4v) is 4.44. The number of anilines is 1. The van der Waals surface area contributed by atoms with Crippen molar-refractivity contribution in [2.75, 3.05) is 12.4 Å². The third-order valence-electron chi connectivity index (χ3n) is 5.84. The van der Waals surface area contributed by atoms with Crippen LogP contribution in [0.25, 0.3) is 11.1 Å². The van der Waals surface area contributed by atoms with Crippen molar-refractivity contribution in [2.45, 2.75) is 57.2 Å². The molecule has 8 heteroatoms. The highest BCUT2D eigenvalue weighted by Crippen LogP contribution is 2.34. The number of amides is 1. The summed E-state index contributed by atoms with van der Waals surface area (Å²) in [6.07, 6.45) is 9.00. The third-order valence-corrected chi connectivity index (χ3v) is 6.15. The fourth-order valence-electron chi connectivity index (χ4n) is 4.24. The average molecular weight is 404 g/mol. The molecule has 3 atom stereocenters. The molecule has 0 radical (unpaired) electrons. The molecule has 1 unspecified atom stereocenters. The van der Waals surface area contributed by atoms with Gasteiger partial charge in [-0.3, -0.25) is 9.48 Å². The van der Waals surface area contributed by atoms with Gasteiger partial charge in [-0.25, -0.2) is 4.98 Å². The Morgan fingerprint density at radius 2 is 2.18 bits per heavy atom. The molecule has 7 nitrogen and oxygen atoms in total. The second-order valence-corrected chi connectivity index (χ2v) is 8.15. The number of ether oxygens (including phenoxy) is 1. The molecule has 3 heterocycles. The molecule has 2 aromatic rings. The molecule has 28 heavy (non-hydrogen) atoms. The van der Waals surface area contributed by atoms with Crippen molar-refractivity contribution >= 4 is 23.3 Å². The van der Waals surface area contributed by atoms with Crippen molar-refractivity contribution in [1.29, 1.82) is 0 Å². The minimum atomic E-state index is -0.0560. The number of nitrogens with two attached hydrogens (primary N) is 1. The summed E-state index contributed by atoms with van der Waals surface area (Å²) in [6, 6.07) is 1.94. The van der Waals surface area contributed by atoms with Crippen LogP contribution in [0.1, 0.15) is 37.8 Å². The average Bonchev–Trinajstić information content (AvgIpc) is 3.12. The van der Waals surface area contributed by atoms with Crippen LogP contribution in [-0.4, -0.2) is 39.9 Å². The zero-order valence-corrected chi connectivity index (χ0v) is 16.8. The zero-order valence-electron chi connectivity index (χ0n) is 16.0. The van der Waals surface area contributed by atoms with E-state index in [4.69, 9.17) is 22.1 Å². The van der Waals surface area contributed by atoms with Crippen molar-refractivity contribution in [3.8, 4) is 11.1 Å². The molecule has 150 valence electrons. The van der Waals surface area contributed by atoms with Gasteiger partial charge >= 0.3 is 0 Å². The lowest BCUT2D eigenvalue weighted by Crippen LogP contribution is -2.34. The quantitative estimate of drug-likeness (QED) is 0.818. The molecule has 2 aromatic heterocycles. The van der Waals surface area contributed by atoms with Crippen LogP contribution < -0.4 is 11.1 Å². The second-order valence-electron chi connectivity index (χ2n) is 7.75. The number of methoxy groups -OCH3 is 1. The first-order valence-corrected chi connectivity index (χ1v) is 10.2. The molecule has 1 aliphatic carbocycles. The topological polar surface area (TPSA) is 95.1 Å². The molecule has 4 rings (SSSR count). The lowest BCUT2D eigenvalue weighted by atomic mass is 9.85. The fraction of sp³-hybridized carbons (Fsp3) is 0.550. The van der Waals surface area contributed by atoms with Gasteiger partial charge in [0.25, 0.3) is 0 Å². The Kier molecular flexibility index (Phi) is 5.66. The zero-order chi connectivity index (χ0) is 19.7. The predicted octanol–water partition coefficient (Wildman–Crippen LogP) is 3.02. The lowest BCUT2D eigenvalue weighted by molar-refractivity contribution is -0.120. The minimum absolute atomic E-state index is 0.0177. The molecule has 0 bridgehead atoms. The molecule has 0 spiro atoms. The molecule has 0 aromatic carbocycles. The maximum absolute atomic E-state index is 12.6. The van der Waals surface area contributed by atoms with Gasteiger partial charge < -0.3 is 15.8 Å². The van der Waals surface area contributed by atoms with E-state index in [1.54, 1.807) is 13.3 Å². The first-order chi connectivity index (χ1) is 13.5. The predicted molar refractivity (Wildman–Crippen MR) is 108 cm³/mol. The van der Waals surface area contributed by atoms with Gasteiger partial charge in [0.15, 0.2) is 0 Å². The number of hydrogen-bond acceptors (Lipinski definition) is 5. The van der Waals surface area contributed by atoms with Gasteiger partial charge in [-0.05, 0) is 38.2 Å². The first-order valence-electron chi connectivity index (χ1n) is 9.85. The van der Waals surface area contributed by atoms with Gasteiger partial charge in [-0.15, -0.1) is 0 Å². The molecule has 1 fully saturated rings. The van der Waals surface area contributed by atoms with Crippen molar-refractivity contribution in [1.82, 2.24) is 14.8 Å². The lowest BCUT2D eigenvalue weighted by Gasteiger charge is -2.25. The maximum atomic E-state index is 12.6. The summed E-state index contributed by atoms with van der Waals surface area (Å²) >= 11 is 6.44. The summed E-state index contributed by atoms with van der Waals surface area (Å²) in [5, 5.41) is 7.99. The number of nitrogens with zero attached hydrogens (tertiary/aromatic N) is 3. The molecule has 1 saturated carbocycles. The normalized spacial score (nSPS) is 24.6. The highest BCUT2D eigenvalue weighted by molar-refractivity contribution is 6.33. The number of carbonyl (C=O) groups excluding carboxylic acids is 1. The molecule has 1 amide bonds. The van der Waals surface area contributed by atoms with Crippen LogP contribution >= 0.6 is 11.6 Å². The van der Waals surface area contributed by atoms with Gasteiger partial charge in [0.1, 0.15) is 5.82 Å². The Balaban J connectivity index is 1.55. The van der Waals surface area contributed by atoms with E-state index in [0.717, 1.165) is 61.9 Å². The number of pyridine rings is 1. The molecule has 0 saturated heterocycles.